The Hall–Kier alpha value is -2.25. The average molecular weight is 243 g/mol. The third-order valence-electron chi connectivity index (χ3n) is 2.18. The highest BCUT2D eigenvalue weighted by Crippen LogP contribution is 2.31. The Morgan fingerprint density at radius 3 is 2.71 bits per heavy atom. The molecule has 8 heteroatoms. The summed E-state index contributed by atoms with van der Waals surface area (Å²) in [6, 6.07) is 0. The van der Waals surface area contributed by atoms with Gasteiger partial charge in [-0.15, -0.1) is 0 Å². The maximum Gasteiger partial charge on any atom is 0.341 e. The maximum absolute atomic E-state index is 12.5. The molecule has 2 aromatic heterocycles. The number of imidazole rings is 1. The van der Waals surface area contributed by atoms with Crippen LogP contribution in [-0.2, 0) is 0 Å². The molecule has 0 atom stereocenters. The molecule has 90 valence electrons. The highest BCUT2D eigenvalue weighted by molar-refractivity contribution is 5.95. The van der Waals surface area contributed by atoms with Crippen molar-refractivity contribution in [1.29, 1.82) is 0 Å². The predicted octanol–water partition coefficient (Wildman–Crippen LogP) is 2.01. The molecule has 0 fully saturated rings. The minimum Gasteiger partial charge on any atom is -0.477 e. The van der Waals surface area contributed by atoms with E-state index in [-0.39, 0.29) is 11.4 Å². The first kappa shape index (κ1) is 11.2. The number of carbonyl (C=O) groups is 1. The number of nitrogens with zero attached hydrogens (tertiary/aromatic N) is 2. The number of aromatic amines is 1. The van der Waals surface area contributed by atoms with Crippen LogP contribution < -0.4 is 0 Å². The summed E-state index contributed by atoms with van der Waals surface area (Å²) in [6.45, 7) is 1.62. The standard InChI is InChI=1S/C9H7F2N3O3/c1-3-5(13-2-12-3)6-4(9(15)16)7(8(10)11)17-14-6/h2,8H,1H3,(H,12,13)(H,15,16). The highest BCUT2D eigenvalue weighted by Gasteiger charge is 2.30. The molecule has 0 aromatic carbocycles. The number of rotatable bonds is 3. The van der Waals surface area contributed by atoms with Crippen molar-refractivity contribution in [1.82, 2.24) is 15.1 Å². The van der Waals surface area contributed by atoms with Crippen molar-refractivity contribution < 1.29 is 23.2 Å². The zero-order valence-electron chi connectivity index (χ0n) is 8.57. The number of carboxylic acid groups (broad SMARTS) is 1. The SMILES string of the molecule is Cc1[nH]cnc1-c1noc(C(F)F)c1C(=O)O. The number of hydrogen-bond acceptors (Lipinski definition) is 4. The van der Waals surface area contributed by atoms with E-state index < -0.39 is 23.7 Å². The van der Waals surface area contributed by atoms with Crippen LogP contribution in [0.15, 0.2) is 10.9 Å². The second-order valence-corrected chi connectivity index (χ2v) is 3.25. The fourth-order valence-electron chi connectivity index (χ4n) is 1.42. The lowest BCUT2D eigenvalue weighted by Crippen LogP contribution is -2.02. The molecule has 0 saturated heterocycles. The molecule has 6 nitrogen and oxygen atoms in total. The summed E-state index contributed by atoms with van der Waals surface area (Å²) in [5.41, 5.74) is -0.165. The van der Waals surface area contributed by atoms with Crippen molar-refractivity contribution >= 4 is 5.97 Å². The Kier molecular flexibility index (Phi) is 2.62. The smallest absolute Gasteiger partial charge is 0.341 e. The zero-order chi connectivity index (χ0) is 12.6. The number of aromatic carboxylic acids is 1. The largest absolute Gasteiger partial charge is 0.477 e. The Morgan fingerprint density at radius 2 is 2.24 bits per heavy atom. The van der Waals surface area contributed by atoms with Crippen LogP contribution in [0.4, 0.5) is 8.78 Å². The second kappa shape index (κ2) is 3.96. The summed E-state index contributed by atoms with van der Waals surface area (Å²) in [6.07, 6.45) is -1.73. The molecule has 0 radical (unpaired) electrons. The summed E-state index contributed by atoms with van der Waals surface area (Å²) in [5.74, 6) is -2.49. The number of aryl methyl sites for hydroxylation is 1. The van der Waals surface area contributed by atoms with Crippen LogP contribution in [0.1, 0.15) is 28.2 Å². The van der Waals surface area contributed by atoms with Crippen LogP contribution in [0, 0.1) is 6.92 Å². The molecule has 0 saturated carbocycles. The molecule has 0 bridgehead atoms. The number of aromatic nitrogens is 3. The Balaban J connectivity index is 2.64. The molecule has 17 heavy (non-hydrogen) atoms. The van der Waals surface area contributed by atoms with Gasteiger partial charge >= 0.3 is 5.97 Å². The van der Waals surface area contributed by atoms with Gasteiger partial charge in [0.1, 0.15) is 17.0 Å². The molecular weight excluding hydrogens is 236 g/mol. The van der Waals surface area contributed by atoms with Crippen LogP contribution in [0.5, 0.6) is 0 Å². The van der Waals surface area contributed by atoms with Crippen molar-refractivity contribution in [2.45, 2.75) is 13.3 Å². The van der Waals surface area contributed by atoms with Gasteiger partial charge in [-0.25, -0.2) is 18.6 Å². The summed E-state index contributed by atoms with van der Waals surface area (Å²) in [4.78, 5) is 17.5. The van der Waals surface area contributed by atoms with Gasteiger partial charge in [-0.05, 0) is 6.92 Å². The van der Waals surface area contributed by atoms with Crippen LogP contribution >= 0.6 is 0 Å². The van der Waals surface area contributed by atoms with E-state index in [1.807, 2.05) is 0 Å². The number of carboxylic acids is 1. The summed E-state index contributed by atoms with van der Waals surface area (Å²) in [5, 5.41) is 12.2. The van der Waals surface area contributed by atoms with Gasteiger partial charge in [0.05, 0.1) is 6.33 Å². The minimum atomic E-state index is -3.04. The van der Waals surface area contributed by atoms with E-state index in [0.29, 0.717) is 5.69 Å². The van der Waals surface area contributed by atoms with E-state index in [2.05, 4.69) is 19.6 Å². The first-order chi connectivity index (χ1) is 8.02. The van der Waals surface area contributed by atoms with Gasteiger partial charge in [0.2, 0.25) is 5.76 Å². The van der Waals surface area contributed by atoms with Gasteiger partial charge in [0, 0.05) is 5.69 Å². The van der Waals surface area contributed by atoms with E-state index in [0.717, 1.165) is 0 Å². The van der Waals surface area contributed by atoms with Gasteiger partial charge in [-0.3, -0.25) is 0 Å². The van der Waals surface area contributed by atoms with Crippen molar-refractivity contribution in [3.8, 4) is 11.4 Å². The first-order valence-electron chi connectivity index (χ1n) is 4.53. The zero-order valence-corrected chi connectivity index (χ0v) is 8.57. The first-order valence-corrected chi connectivity index (χ1v) is 4.53. The van der Waals surface area contributed by atoms with Crippen molar-refractivity contribution in [2.75, 3.05) is 0 Å². The van der Waals surface area contributed by atoms with Crippen molar-refractivity contribution in [3.63, 3.8) is 0 Å². The fraction of sp³-hybridized carbons (Fsp3) is 0.222. The molecule has 0 spiro atoms. The molecule has 2 heterocycles. The fourth-order valence-corrected chi connectivity index (χ4v) is 1.42. The number of nitrogens with one attached hydrogen (secondary N) is 1. The minimum absolute atomic E-state index is 0.179. The van der Waals surface area contributed by atoms with Crippen LogP contribution in [0.3, 0.4) is 0 Å². The van der Waals surface area contributed by atoms with E-state index in [1.165, 1.54) is 6.33 Å². The molecular formula is C9H7F2N3O3. The van der Waals surface area contributed by atoms with E-state index >= 15 is 0 Å². The van der Waals surface area contributed by atoms with Gasteiger partial charge in [-0.1, -0.05) is 5.16 Å². The summed E-state index contributed by atoms with van der Waals surface area (Å²) >= 11 is 0. The van der Waals surface area contributed by atoms with Crippen molar-refractivity contribution in [2.24, 2.45) is 0 Å². The van der Waals surface area contributed by atoms with Crippen LogP contribution in [0.25, 0.3) is 11.4 Å². The van der Waals surface area contributed by atoms with Gasteiger partial charge in [0.25, 0.3) is 6.43 Å². The monoisotopic (exact) mass is 243 g/mol. The molecule has 0 aliphatic carbocycles. The summed E-state index contributed by atoms with van der Waals surface area (Å²) in [7, 11) is 0. The quantitative estimate of drug-likeness (QED) is 0.860. The molecule has 2 N–H and O–H groups in total. The van der Waals surface area contributed by atoms with Crippen LogP contribution in [-0.4, -0.2) is 26.2 Å². The van der Waals surface area contributed by atoms with Crippen molar-refractivity contribution in [3.05, 3.63) is 23.3 Å². The van der Waals surface area contributed by atoms with Gasteiger partial charge in [-0.2, -0.15) is 0 Å². The lowest BCUT2D eigenvalue weighted by molar-refractivity contribution is 0.0670. The molecule has 0 aliphatic heterocycles. The highest BCUT2D eigenvalue weighted by atomic mass is 19.3. The predicted molar refractivity (Wildman–Crippen MR) is 50.7 cm³/mol. The number of hydrogen-bond donors (Lipinski definition) is 2. The molecule has 0 amide bonds. The third-order valence-corrected chi connectivity index (χ3v) is 2.18. The topological polar surface area (TPSA) is 92.0 Å². The average Bonchev–Trinajstić information content (AvgIpc) is 2.82. The lowest BCUT2D eigenvalue weighted by atomic mass is 10.1. The van der Waals surface area contributed by atoms with E-state index in [1.54, 1.807) is 6.92 Å². The Labute approximate surface area is 93.3 Å². The molecule has 2 aromatic rings. The number of H-pyrrole nitrogens is 1. The van der Waals surface area contributed by atoms with E-state index in [9.17, 15) is 13.6 Å². The second-order valence-electron chi connectivity index (χ2n) is 3.25. The van der Waals surface area contributed by atoms with Gasteiger partial charge < -0.3 is 14.6 Å². The van der Waals surface area contributed by atoms with E-state index in [4.69, 9.17) is 5.11 Å². The Bertz CT molecular complexity index is 562. The third kappa shape index (κ3) is 1.77. The number of alkyl halides is 2. The summed E-state index contributed by atoms with van der Waals surface area (Å²) < 4.78 is 29.4. The maximum atomic E-state index is 12.5. The normalized spacial score (nSPS) is 11.1. The molecule has 2 rings (SSSR count). The lowest BCUT2D eigenvalue weighted by Gasteiger charge is -1.97. The molecule has 0 aliphatic rings. The van der Waals surface area contributed by atoms with Crippen LogP contribution in [0.2, 0.25) is 0 Å². The van der Waals surface area contributed by atoms with Gasteiger partial charge in [0.15, 0.2) is 0 Å². The molecule has 0 unspecified atom stereocenters. The Morgan fingerprint density at radius 1 is 1.53 bits per heavy atom. The number of halogens is 2.